The molecule has 146 valence electrons. The number of carbonyl (C=O) groups is 6. The van der Waals surface area contributed by atoms with Crippen LogP contribution in [0.1, 0.15) is 12.8 Å². The van der Waals surface area contributed by atoms with E-state index in [4.69, 9.17) is 10.2 Å². The van der Waals surface area contributed by atoms with E-state index in [2.05, 4.69) is 0 Å². The number of nitrogens with one attached hydrogen (secondary N) is 2. The number of imide groups is 2. The minimum Gasteiger partial charge on any atom is -0.481 e. The molecule has 3 rings (SSSR count). The Bertz CT molecular complexity index is 823. The van der Waals surface area contributed by atoms with Crippen molar-refractivity contribution in [2.75, 3.05) is 9.80 Å². The van der Waals surface area contributed by atoms with Crippen LogP contribution in [0.5, 0.6) is 0 Å². The number of carboxylic acids is 2. The largest absolute Gasteiger partial charge is 0.481 e. The summed E-state index contributed by atoms with van der Waals surface area (Å²) in [7, 11) is 0. The third-order valence-corrected chi connectivity index (χ3v) is 4.27. The van der Waals surface area contributed by atoms with Crippen LogP contribution in [0.2, 0.25) is 0 Å². The summed E-state index contributed by atoms with van der Waals surface area (Å²) in [5.41, 5.74) is 0.387. The van der Waals surface area contributed by atoms with Crippen LogP contribution >= 0.6 is 0 Å². The molecule has 0 bridgehead atoms. The highest BCUT2D eigenvalue weighted by atomic mass is 16.4. The summed E-state index contributed by atoms with van der Waals surface area (Å²) in [5.74, 6) is -4.02. The fourth-order valence-corrected chi connectivity index (χ4v) is 3.08. The zero-order valence-electron chi connectivity index (χ0n) is 14.1. The maximum Gasteiger partial charge on any atom is 0.329 e. The van der Waals surface area contributed by atoms with Crippen molar-refractivity contribution >= 4 is 47.2 Å². The molecule has 28 heavy (non-hydrogen) atoms. The smallest absolute Gasteiger partial charge is 0.329 e. The Morgan fingerprint density at radius 1 is 0.750 bits per heavy atom. The maximum atomic E-state index is 12.0. The van der Waals surface area contributed by atoms with Gasteiger partial charge in [0.05, 0.1) is 12.8 Å². The summed E-state index contributed by atoms with van der Waals surface area (Å²) in [6.07, 6.45) is -1.19. The van der Waals surface area contributed by atoms with E-state index < -0.39 is 60.7 Å². The van der Waals surface area contributed by atoms with Crippen molar-refractivity contribution in [3.63, 3.8) is 0 Å². The first-order chi connectivity index (χ1) is 13.2. The molecular formula is C16H14N4O8. The first-order valence-corrected chi connectivity index (χ1v) is 8.01. The van der Waals surface area contributed by atoms with Crippen LogP contribution in [0.3, 0.4) is 0 Å². The van der Waals surface area contributed by atoms with Gasteiger partial charge < -0.3 is 10.2 Å². The molecule has 2 saturated heterocycles. The van der Waals surface area contributed by atoms with Crippen LogP contribution in [0, 0.1) is 0 Å². The molecule has 2 aliphatic heterocycles. The van der Waals surface area contributed by atoms with Crippen LogP contribution in [0.15, 0.2) is 24.3 Å². The average Bonchev–Trinajstić information content (AvgIpc) is 3.02. The molecule has 0 radical (unpaired) electrons. The molecule has 0 spiro atoms. The highest BCUT2D eigenvalue weighted by molar-refractivity contribution is 6.16. The van der Waals surface area contributed by atoms with Gasteiger partial charge in [0.1, 0.15) is 12.1 Å². The molecule has 6 amide bonds. The zero-order chi connectivity index (χ0) is 20.6. The Hall–Kier alpha value is -3.96. The highest BCUT2D eigenvalue weighted by Gasteiger charge is 2.42. The number of amides is 6. The first kappa shape index (κ1) is 18.8. The minimum absolute atomic E-state index is 0.194. The number of urea groups is 2. The molecule has 0 aromatic heterocycles. The van der Waals surface area contributed by atoms with Gasteiger partial charge in [-0.3, -0.25) is 39.6 Å². The standard InChI is InChI=1S/C16H14N4O8/c21-11(22)5-9-13(25)17-15(27)19(9)7-1-2-8(4-3-7)20-10(6-12(23)24)14(26)18-16(20)28/h1-4,9-10H,5-6H2,(H,21,22)(H,23,24)(H,17,25,27)(H,18,26,28). The average molecular weight is 390 g/mol. The van der Waals surface area contributed by atoms with E-state index in [1.54, 1.807) is 0 Å². The summed E-state index contributed by atoms with van der Waals surface area (Å²) in [4.78, 5) is 71.5. The molecule has 1 aromatic rings. The Labute approximate surface area is 156 Å². The number of anilines is 2. The van der Waals surface area contributed by atoms with Gasteiger partial charge in [0, 0.05) is 11.4 Å². The van der Waals surface area contributed by atoms with Gasteiger partial charge in [-0.05, 0) is 24.3 Å². The molecule has 4 N–H and O–H groups in total. The van der Waals surface area contributed by atoms with E-state index in [1.165, 1.54) is 24.3 Å². The number of aliphatic carboxylic acids is 2. The van der Waals surface area contributed by atoms with E-state index in [9.17, 15) is 28.8 Å². The van der Waals surface area contributed by atoms with Crippen molar-refractivity contribution < 1.29 is 39.0 Å². The summed E-state index contributed by atoms with van der Waals surface area (Å²) in [5, 5.41) is 21.9. The normalized spacial score (nSPS) is 21.7. The van der Waals surface area contributed by atoms with Gasteiger partial charge in [-0.15, -0.1) is 0 Å². The van der Waals surface area contributed by atoms with Crippen LogP contribution in [-0.2, 0) is 19.2 Å². The van der Waals surface area contributed by atoms with E-state index >= 15 is 0 Å². The lowest BCUT2D eigenvalue weighted by molar-refractivity contribution is -0.139. The van der Waals surface area contributed by atoms with Gasteiger partial charge in [-0.2, -0.15) is 0 Å². The van der Waals surface area contributed by atoms with E-state index in [-0.39, 0.29) is 11.4 Å². The van der Waals surface area contributed by atoms with Crippen molar-refractivity contribution in [2.24, 2.45) is 0 Å². The second kappa shape index (κ2) is 6.98. The van der Waals surface area contributed by atoms with Crippen molar-refractivity contribution in [3.05, 3.63) is 24.3 Å². The third kappa shape index (κ3) is 3.34. The van der Waals surface area contributed by atoms with Crippen LogP contribution < -0.4 is 20.4 Å². The second-order valence-electron chi connectivity index (χ2n) is 6.07. The zero-order valence-corrected chi connectivity index (χ0v) is 14.1. The van der Waals surface area contributed by atoms with E-state index in [0.717, 1.165) is 9.80 Å². The van der Waals surface area contributed by atoms with Crippen molar-refractivity contribution in [1.29, 1.82) is 0 Å². The van der Waals surface area contributed by atoms with Crippen LogP contribution in [0.4, 0.5) is 21.0 Å². The van der Waals surface area contributed by atoms with Gasteiger partial charge in [-0.1, -0.05) is 0 Å². The molecule has 12 nitrogen and oxygen atoms in total. The Kier molecular flexibility index (Phi) is 4.69. The molecule has 2 heterocycles. The predicted octanol–water partition coefficient (Wildman–Crippen LogP) is -0.514. The fraction of sp³-hybridized carbons (Fsp3) is 0.250. The van der Waals surface area contributed by atoms with Crippen molar-refractivity contribution in [2.45, 2.75) is 24.9 Å². The van der Waals surface area contributed by atoms with Gasteiger partial charge in [-0.25, -0.2) is 9.59 Å². The lowest BCUT2D eigenvalue weighted by Gasteiger charge is -2.23. The summed E-state index contributed by atoms with van der Waals surface area (Å²) in [6.45, 7) is 0. The van der Waals surface area contributed by atoms with Crippen molar-refractivity contribution in [1.82, 2.24) is 10.6 Å². The number of hydrogen-bond acceptors (Lipinski definition) is 6. The minimum atomic E-state index is -1.26. The number of rotatable bonds is 6. The molecule has 12 heteroatoms. The molecule has 0 aliphatic carbocycles. The molecule has 0 saturated carbocycles. The fourth-order valence-electron chi connectivity index (χ4n) is 3.08. The van der Waals surface area contributed by atoms with Crippen molar-refractivity contribution in [3.8, 4) is 0 Å². The summed E-state index contributed by atoms with van der Waals surface area (Å²) < 4.78 is 0. The van der Waals surface area contributed by atoms with Gasteiger partial charge >= 0.3 is 24.0 Å². The first-order valence-electron chi connectivity index (χ1n) is 8.01. The number of carboxylic acid groups (broad SMARTS) is 2. The molecule has 2 fully saturated rings. The Balaban J connectivity index is 1.88. The number of carbonyl (C=O) groups excluding carboxylic acids is 4. The quantitative estimate of drug-likeness (QED) is 0.470. The topological polar surface area (TPSA) is 173 Å². The number of nitrogens with zero attached hydrogens (tertiary/aromatic N) is 2. The third-order valence-electron chi connectivity index (χ3n) is 4.27. The molecular weight excluding hydrogens is 376 g/mol. The maximum absolute atomic E-state index is 12.0. The molecule has 2 unspecified atom stereocenters. The molecule has 2 atom stereocenters. The number of benzene rings is 1. The Morgan fingerprint density at radius 3 is 1.36 bits per heavy atom. The predicted molar refractivity (Wildman–Crippen MR) is 90.6 cm³/mol. The summed E-state index contributed by atoms with van der Waals surface area (Å²) in [6, 6.07) is 1.39. The van der Waals surface area contributed by atoms with E-state index in [0.29, 0.717) is 0 Å². The summed E-state index contributed by atoms with van der Waals surface area (Å²) >= 11 is 0. The van der Waals surface area contributed by atoms with Gasteiger partial charge in [0.15, 0.2) is 0 Å². The van der Waals surface area contributed by atoms with Gasteiger partial charge in [0.25, 0.3) is 11.8 Å². The van der Waals surface area contributed by atoms with Crippen LogP contribution in [0.25, 0.3) is 0 Å². The molecule has 1 aromatic carbocycles. The highest BCUT2D eigenvalue weighted by Crippen LogP contribution is 2.28. The Morgan fingerprint density at radius 2 is 1.07 bits per heavy atom. The number of hydrogen-bond donors (Lipinski definition) is 4. The monoisotopic (exact) mass is 390 g/mol. The van der Waals surface area contributed by atoms with E-state index in [1.807, 2.05) is 10.6 Å². The molecule has 2 aliphatic rings. The van der Waals surface area contributed by atoms with Gasteiger partial charge in [0.2, 0.25) is 0 Å². The SMILES string of the molecule is O=C(O)CC1C(=O)NC(=O)N1c1ccc(N2C(=O)NC(=O)C2CC(=O)O)cc1. The lowest BCUT2D eigenvalue weighted by Crippen LogP contribution is -2.38. The second-order valence-corrected chi connectivity index (χ2v) is 6.07. The lowest BCUT2D eigenvalue weighted by atomic mass is 10.1. The van der Waals surface area contributed by atoms with Crippen LogP contribution in [-0.4, -0.2) is 58.1 Å².